The molecule has 1 fully saturated rings. The van der Waals surface area contributed by atoms with Gasteiger partial charge in [-0.05, 0) is 26.8 Å². The second-order valence-corrected chi connectivity index (χ2v) is 4.05. The van der Waals surface area contributed by atoms with Gasteiger partial charge in [0.2, 0.25) is 0 Å². The van der Waals surface area contributed by atoms with Crippen LogP contribution in [0, 0.1) is 0 Å². The van der Waals surface area contributed by atoms with Gasteiger partial charge in [-0.1, -0.05) is 0 Å². The number of aliphatic hydroxyl groups excluding tert-OH is 1. The van der Waals surface area contributed by atoms with Gasteiger partial charge < -0.3 is 10.0 Å². The molecule has 78 valence electrons. The molecular formula is C10H22N2O. The molecule has 0 aromatic heterocycles. The fourth-order valence-electron chi connectivity index (χ4n) is 1.83. The molecule has 0 aromatic carbocycles. The van der Waals surface area contributed by atoms with E-state index < -0.39 is 0 Å². The van der Waals surface area contributed by atoms with Gasteiger partial charge in [-0.2, -0.15) is 0 Å². The molecule has 3 nitrogen and oxygen atoms in total. The van der Waals surface area contributed by atoms with E-state index in [-0.39, 0.29) is 0 Å². The van der Waals surface area contributed by atoms with E-state index in [9.17, 15) is 0 Å². The number of aliphatic hydroxyl groups is 1. The van der Waals surface area contributed by atoms with Crippen LogP contribution in [-0.2, 0) is 0 Å². The Morgan fingerprint density at radius 1 is 1.23 bits per heavy atom. The minimum absolute atomic E-state index is 0.331. The van der Waals surface area contributed by atoms with Gasteiger partial charge in [-0.25, -0.2) is 0 Å². The normalized spacial score (nSPS) is 23.3. The summed E-state index contributed by atoms with van der Waals surface area (Å²) in [6, 6.07) is 0.640. The maximum Gasteiger partial charge on any atom is 0.0431 e. The molecule has 0 spiro atoms. The second kappa shape index (κ2) is 5.58. The molecule has 1 atom stereocenters. The molecule has 3 heteroatoms. The summed E-state index contributed by atoms with van der Waals surface area (Å²) in [6.45, 7) is 7.33. The molecule has 0 aromatic rings. The Labute approximate surface area is 81.3 Å². The number of likely N-dealkylation sites (N-methyl/N-ethyl adjacent to an activating group) is 1. The molecule has 1 aliphatic rings. The third kappa shape index (κ3) is 3.63. The van der Waals surface area contributed by atoms with Gasteiger partial charge in [0.25, 0.3) is 0 Å². The van der Waals surface area contributed by atoms with Crippen molar-refractivity contribution in [2.75, 3.05) is 39.8 Å². The van der Waals surface area contributed by atoms with E-state index in [2.05, 4.69) is 23.8 Å². The van der Waals surface area contributed by atoms with E-state index in [1.54, 1.807) is 0 Å². The molecule has 1 saturated heterocycles. The summed E-state index contributed by atoms with van der Waals surface area (Å²) in [4.78, 5) is 4.89. The lowest BCUT2D eigenvalue weighted by Gasteiger charge is -2.36. The van der Waals surface area contributed by atoms with Crippen LogP contribution in [0.15, 0.2) is 0 Å². The van der Waals surface area contributed by atoms with Gasteiger partial charge in [0, 0.05) is 38.8 Å². The highest BCUT2D eigenvalue weighted by molar-refractivity contribution is 4.74. The summed E-state index contributed by atoms with van der Waals surface area (Å²) in [5, 5.41) is 8.73. The quantitative estimate of drug-likeness (QED) is 0.688. The molecule has 0 amide bonds. The molecular weight excluding hydrogens is 164 g/mol. The summed E-state index contributed by atoms with van der Waals surface area (Å²) in [5.41, 5.74) is 0. The van der Waals surface area contributed by atoms with Crippen LogP contribution < -0.4 is 0 Å². The fraction of sp³-hybridized carbons (Fsp3) is 1.00. The number of nitrogens with zero attached hydrogens (tertiary/aromatic N) is 2. The van der Waals surface area contributed by atoms with Crippen LogP contribution in [0.2, 0.25) is 0 Å². The topological polar surface area (TPSA) is 26.7 Å². The lowest BCUT2D eigenvalue weighted by atomic mass is 10.1. The zero-order valence-electron chi connectivity index (χ0n) is 8.87. The van der Waals surface area contributed by atoms with Crippen molar-refractivity contribution < 1.29 is 5.11 Å². The number of hydrogen-bond acceptors (Lipinski definition) is 3. The summed E-state index contributed by atoms with van der Waals surface area (Å²) < 4.78 is 0. The lowest BCUT2D eigenvalue weighted by molar-refractivity contribution is 0.110. The maximum atomic E-state index is 8.73. The van der Waals surface area contributed by atoms with Crippen molar-refractivity contribution in [3.8, 4) is 0 Å². The van der Waals surface area contributed by atoms with Crippen molar-refractivity contribution in [2.45, 2.75) is 25.8 Å². The first-order valence-electron chi connectivity index (χ1n) is 5.27. The van der Waals surface area contributed by atoms with Crippen LogP contribution in [0.25, 0.3) is 0 Å². The molecule has 1 aliphatic heterocycles. The maximum absolute atomic E-state index is 8.73. The van der Waals surface area contributed by atoms with Crippen LogP contribution in [-0.4, -0.2) is 60.8 Å². The van der Waals surface area contributed by atoms with Crippen molar-refractivity contribution in [3.05, 3.63) is 0 Å². The predicted molar refractivity (Wildman–Crippen MR) is 54.9 cm³/mol. The standard InChI is InChI=1S/C10H22N2O/c1-10(4-3-9-13)12-7-5-11(2)6-8-12/h10,13H,3-9H2,1-2H3/t10-/m1/s1. The fourth-order valence-corrected chi connectivity index (χ4v) is 1.83. The van der Waals surface area contributed by atoms with Gasteiger partial charge in [0.05, 0.1) is 0 Å². The summed E-state index contributed by atoms with van der Waals surface area (Å²) in [7, 11) is 2.18. The van der Waals surface area contributed by atoms with Crippen LogP contribution in [0.3, 0.4) is 0 Å². The molecule has 0 radical (unpaired) electrons. The minimum Gasteiger partial charge on any atom is -0.396 e. The smallest absolute Gasteiger partial charge is 0.0431 e. The average molecular weight is 186 g/mol. The molecule has 0 unspecified atom stereocenters. The van der Waals surface area contributed by atoms with Crippen LogP contribution in [0.5, 0.6) is 0 Å². The highest BCUT2D eigenvalue weighted by Gasteiger charge is 2.18. The molecule has 0 aliphatic carbocycles. The largest absolute Gasteiger partial charge is 0.396 e. The molecule has 13 heavy (non-hydrogen) atoms. The van der Waals surface area contributed by atoms with Gasteiger partial charge in [-0.3, -0.25) is 4.90 Å². The average Bonchev–Trinajstić information content (AvgIpc) is 2.15. The van der Waals surface area contributed by atoms with E-state index in [1.165, 1.54) is 26.2 Å². The molecule has 1 N–H and O–H groups in total. The Morgan fingerprint density at radius 2 is 1.85 bits per heavy atom. The highest BCUT2D eigenvalue weighted by atomic mass is 16.2. The van der Waals surface area contributed by atoms with Crippen LogP contribution in [0.4, 0.5) is 0 Å². The Bertz CT molecular complexity index is 133. The van der Waals surface area contributed by atoms with Crippen molar-refractivity contribution in [3.63, 3.8) is 0 Å². The van der Waals surface area contributed by atoms with Gasteiger partial charge in [-0.15, -0.1) is 0 Å². The minimum atomic E-state index is 0.331. The van der Waals surface area contributed by atoms with Crippen molar-refractivity contribution in [1.29, 1.82) is 0 Å². The Balaban J connectivity index is 2.19. The zero-order valence-corrected chi connectivity index (χ0v) is 8.87. The Morgan fingerprint density at radius 3 is 2.38 bits per heavy atom. The number of piperazine rings is 1. The van der Waals surface area contributed by atoms with E-state index in [1.807, 2.05) is 0 Å². The van der Waals surface area contributed by atoms with Crippen LogP contribution >= 0.6 is 0 Å². The molecule has 0 saturated carbocycles. The van der Waals surface area contributed by atoms with E-state index in [4.69, 9.17) is 5.11 Å². The highest BCUT2D eigenvalue weighted by Crippen LogP contribution is 2.09. The van der Waals surface area contributed by atoms with Crippen LogP contribution in [0.1, 0.15) is 19.8 Å². The number of hydrogen-bond donors (Lipinski definition) is 1. The number of rotatable bonds is 4. The summed E-state index contributed by atoms with van der Waals surface area (Å²) >= 11 is 0. The third-order valence-electron chi connectivity index (χ3n) is 2.94. The van der Waals surface area contributed by atoms with Gasteiger partial charge in [0.1, 0.15) is 0 Å². The van der Waals surface area contributed by atoms with E-state index in [0.29, 0.717) is 12.6 Å². The SMILES string of the molecule is C[C@H](CCCO)N1CCN(C)CC1. The Hall–Kier alpha value is -0.120. The van der Waals surface area contributed by atoms with E-state index in [0.717, 1.165) is 12.8 Å². The molecule has 1 rings (SSSR count). The van der Waals surface area contributed by atoms with Gasteiger partial charge in [0.15, 0.2) is 0 Å². The third-order valence-corrected chi connectivity index (χ3v) is 2.94. The zero-order chi connectivity index (χ0) is 9.68. The lowest BCUT2D eigenvalue weighted by Crippen LogP contribution is -2.48. The molecule has 0 bridgehead atoms. The van der Waals surface area contributed by atoms with Crippen molar-refractivity contribution in [1.82, 2.24) is 9.80 Å². The first-order valence-corrected chi connectivity index (χ1v) is 5.27. The van der Waals surface area contributed by atoms with Gasteiger partial charge >= 0.3 is 0 Å². The summed E-state index contributed by atoms with van der Waals surface area (Å²) in [6.07, 6.45) is 2.06. The van der Waals surface area contributed by atoms with Crippen molar-refractivity contribution >= 4 is 0 Å². The van der Waals surface area contributed by atoms with Crippen molar-refractivity contribution in [2.24, 2.45) is 0 Å². The Kier molecular flexibility index (Phi) is 4.70. The monoisotopic (exact) mass is 186 g/mol. The van der Waals surface area contributed by atoms with E-state index >= 15 is 0 Å². The first-order chi connectivity index (χ1) is 6.24. The second-order valence-electron chi connectivity index (χ2n) is 4.05. The predicted octanol–water partition coefficient (Wildman–Crippen LogP) is 0.395. The first kappa shape index (κ1) is 11.0. The summed E-state index contributed by atoms with van der Waals surface area (Å²) in [5.74, 6) is 0. The molecule has 1 heterocycles.